The molecular formula is C16H17N7O2. The number of amides is 2. The quantitative estimate of drug-likeness (QED) is 0.675. The van der Waals surface area contributed by atoms with E-state index in [0.29, 0.717) is 5.56 Å². The first-order valence-electron chi connectivity index (χ1n) is 7.60. The zero-order valence-electron chi connectivity index (χ0n) is 13.8. The molecular weight excluding hydrogens is 322 g/mol. The number of carbonyl (C=O) groups is 2. The molecule has 2 aromatic heterocycles. The van der Waals surface area contributed by atoms with Gasteiger partial charge in [0.1, 0.15) is 12.9 Å². The topological polar surface area (TPSA) is 107 Å². The number of nitrogens with one attached hydrogen (secondary N) is 2. The van der Waals surface area contributed by atoms with Crippen LogP contribution in [0.2, 0.25) is 0 Å². The van der Waals surface area contributed by atoms with Gasteiger partial charge >= 0.3 is 0 Å². The lowest BCUT2D eigenvalue weighted by Crippen LogP contribution is -2.43. The number of aryl methyl sites for hydroxylation is 1. The fourth-order valence-corrected chi connectivity index (χ4v) is 2.60. The van der Waals surface area contributed by atoms with Crippen LogP contribution in [0.1, 0.15) is 21.7 Å². The molecule has 128 valence electrons. The number of rotatable bonds is 4. The Hall–Kier alpha value is -3.49. The van der Waals surface area contributed by atoms with Gasteiger partial charge in [0.25, 0.3) is 11.8 Å². The van der Waals surface area contributed by atoms with Crippen molar-refractivity contribution in [1.29, 1.82) is 0 Å². The van der Waals surface area contributed by atoms with Crippen LogP contribution in [-0.2, 0) is 11.3 Å². The van der Waals surface area contributed by atoms with E-state index in [1.165, 1.54) is 11.0 Å². The SMILES string of the molecule is Cc1cc(C(=O)NNC(=O)Cn2cnnn2)c(C)n1-c1ccccc1. The Morgan fingerprint density at radius 2 is 1.88 bits per heavy atom. The van der Waals surface area contributed by atoms with Crippen LogP contribution < -0.4 is 10.9 Å². The molecule has 0 saturated carbocycles. The van der Waals surface area contributed by atoms with E-state index in [2.05, 4.69) is 26.4 Å². The van der Waals surface area contributed by atoms with E-state index in [4.69, 9.17) is 0 Å². The summed E-state index contributed by atoms with van der Waals surface area (Å²) in [5.41, 5.74) is 7.94. The fourth-order valence-electron chi connectivity index (χ4n) is 2.60. The first-order chi connectivity index (χ1) is 12.1. The second-order valence-electron chi connectivity index (χ2n) is 5.47. The molecule has 0 aliphatic heterocycles. The Labute approximate surface area is 143 Å². The minimum absolute atomic E-state index is 0.0870. The van der Waals surface area contributed by atoms with Crippen LogP contribution in [0, 0.1) is 13.8 Å². The summed E-state index contributed by atoms with van der Waals surface area (Å²) in [5.74, 6) is -0.821. The van der Waals surface area contributed by atoms with Gasteiger partial charge in [-0.25, -0.2) is 4.68 Å². The van der Waals surface area contributed by atoms with Gasteiger partial charge in [-0.1, -0.05) is 18.2 Å². The molecule has 2 N–H and O–H groups in total. The molecule has 9 heteroatoms. The molecule has 1 aromatic carbocycles. The van der Waals surface area contributed by atoms with Gasteiger partial charge in [0.05, 0.1) is 5.56 Å². The van der Waals surface area contributed by atoms with Crippen molar-refractivity contribution in [3.63, 3.8) is 0 Å². The molecule has 25 heavy (non-hydrogen) atoms. The Bertz CT molecular complexity index is 885. The molecule has 0 spiro atoms. The summed E-state index contributed by atoms with van der Waals surface area (Å²) in [6, 6.07) is 11.5. The first kappa shape index (κ1) is 16.4. The van der Waals surface area contributed by atoms with Crippen molar-refractivity contribution in [2.75, 3.05) is 0 Å². The molecule has 9 nitrogen and oxygen atoms in total. The van der Waals surface area contributed by atoms with Crippen molar-refractivity contribution in [2.45, 2.75) is 20.4 Å². The number of carbonyl (C=O) groups excluding carboxylic acids is 2. The van der Waals surface area contributed by atoms with Crippen molar-refractivity contribution in [3.05, 3.63) is 59.7 Å². The smallest absolute Gasteiger partial charge is 0.271 e. The Balaban J connectivity index is 1.69. The number of nitrogens with zero attached hydrogens (tertiary/aromatic N) is 5. The monoisotopic (exact) mass is 339 g/mol. The van der Waals surface area contributed by atoms with E-state index in [9.17, 15) is 9.59 Å². The van der Waals surface area contributed by atoms with Crippen molar-refractivity contribution < 1.29 is 9.59 Å². The maximum atomic E-state index is 12.4. The summed E-state index contributed by atoms with van der Waals surface area (Å²) in [5, 5.41) is 10.4. The minimum atomic E-state index is -0.433. The van der Waals surface area contributed by atoms with Gasteiger partial charge in [-0.15, -0.1) is 5.10 Å². The number of hydrogen-bond acceptors (Lipinski definition) is 5. The molecule has 0 fully saturated rings. The molecule has 0 aliphatic rings. The van der Waals surface area contributed by atoms with E-state index in [1.54, 1.807) is 6.07 Å². The normalized spacial score (nSPS) is 10.5. The number of aromatic nitrogens is 5. The Morgan fingerprint density at radius 1 is 1.12 bits per heavy atom. The number of hydrogen-bond donors (Lipinski definition) is 2. The van der Waals surface area contributed by atoms with Gasteiger partial charge in [0.15, 0.2) is 0 Å². The fraction of sp³-hybridized carbons (Fsp3) is 0.188. The number of para-hydroxylation sites is 1. The molecule has 0 saturated heterocycles. The summed E-state index contributed by atoms with van der Waals surface area (Å²) in [4.78, 5) is 24.2. The molecule has 2 heterocycles. The number of tetrazole rings is 1. The number of hydrazine groups is 1. The average Bonchev–Trinajstić information content (AvgIpc) is 3.21. The summed E-state index contributed by atoms with van der Waals surface area (Å²) in [6.07, 6.45) is 1.31. The lowest BCUT2D eigenvalue weighted by molar-refractivity contribution is -0.122. The van der Waals surface area contributed by atoms with Gasteiger partial charge in [-0.05, 0) is 42.5 Å². The largest absolute Gasteiger partial charge is 0.318 e. The third-order valence-corrected chi connectivity index (χ3v) is 3.70. The molecule has 0 unspecified atom stereocenters. The van der Waals surface area contributed by atoms with Gasteiger partial charge < -0.3 is 4.57 Å². The summed E-state index contributed by atoms with van der Waals surface area (Å²) in [6.45, 7) is 3.70. The third-order valence-electron chi connectivity index (χ3n) is 3.70. The lowest BCUT2D eigenvalue weighted by Gasteiger charge is -2.10. The van der Waals surface area contributed by atoms with E-state index in [1.807, 2.05) is 48.7 Å². The highest BCUT2D eigenvalue weighted by Crippen LogP contribution is 2.20. The van der Waals surface area contributed by atoms with Gasteiger partial charge in [-0.2, -0.15) is 0 Å². The van der Waals surface area contributed by atoms with Crippen LogP contribution >= 0.6 is 0 Å². The van der Waals surface area contributed by atoms with Crippen LogP contribution in [0.5, 0.6) is 0 Å². The van der Waals surface area contributed by atoms with E-state index in [-0.39, 0.29) is 12.5 Å². The van der Waals surface area contributed by atoms with Crippen molar-refractivity contribution in [2.24, 2.45) is 0 Å². The predicted octanol–water partition coefficient (Wildman–Crippen LogP) is 0.542. The van der Waals surface area contributed by atoms with Crippen LogP contribution in [0.15, 0.2) is 42.7 Å². The molecule has 0 atom stereocenters. The van der Waals surface area contributed by atoms with Crippen LogP contribution in [0.4, 0.5) is 0 Å². The summed E-state index contributed by atoms with van der Waals surface area (Å²) < 4.78 is 3.24. The lowest BCUT2D eigenvalue weighted by atomic mass is 10.2. The maximum absolute atomic E-state index is 12.4. The number of benzene rings is 1. The first-order valence-corrected chi connectivity index (χ1v) is 7.60. The molecule has 2 amide bonds. The zero-order valence-corrected chi connectivity index (χ0v) is 13.8. The highest BCUT2D eigenvalue weighted by molar-refractivity contribution is 5.96. The average molecular weight is 339 g/mol. The standard InChI is InChI=1S/C16H17N7O2/c1-11-8-14(12(2)23(11)13-6-4-3-5-7-13)16(25)19-18-15(24)9-22-10-17-20-21-22/h3-8,10H,9H2,1-2H3,(H,18,24)(H,19,25). The zero-order chi connectivity index (χ0) is 17.8. The summed E-state index contributed by atoms with van der Waals surface area (Å²) in [7, 11) is 0. The Morgan fingerprint density at radius 3 is 2.56 bits per heavy atom. The molecule has 0 bridgehead atoms. The molecule has 0 radical (unpaired) electrons. The minimum Gasteiger partial charge on any atom is -0.318 e. The van der Waals surface area contributed by atoms with Crippen molar-refractivity contribution in [3.8, 4) is 5.69 Å². The van der Waals surface area contributed by atoms with E-state index in [0.717, 1.165) is 17.1 Å². The van der Waals surface area contributed by atoms with Crippen LogP contribution in [0.25, 0.3) is 5.69 Å². The van der Waals surface area contributed by atoms with Crippen molar-refractivity contribution in [1.82, 2.24) is 35.6 Å². The Kier molecular flexibility index (Phi) is 4.55. The molecule has 0 aliphatic carbocycles. The van der Waals surface area contributed by atoms with E-state index >= 15 is 0 Å². The second kappa shape index (κ2) is 6.95. The van der Waals surface area contributed by atoms with Crippen LogP contribution in [0.3, 0.4) is 0 Å². The predicted molar refractivity (Wildman–Crippen MR) is 88.7 cm³/mol. The van der Waals surface area contributed by atoms with Gasteiger partial charge in [0, 0.05) is 17.1 Å². The third kappa shape index (κ3) is 3.55. The highest BCUT2D eigenvalue weighted by Gasteiger charge is 2.17. The van der Waals surface area contributed by atoms with E-state index < -0.39 is 5.91 Å². The summed E-state index contributed by atoms with van der Waals surface area (Å²) >= 11 is 0. The molecule has 3 aromatic rings. The van der Waals surface area contributed by atoms with Crippen LogP contribution in [-0.4, -0.2) is 36.6 Å². The van der Waals surface area contributed by atoms with Gasteiger partial charge in [-0.3, -0.25) is 20.4 Å². The maximum Gasteiger partial charge on any atom is 0.271 e. The van der Waals surface area contributed by atoms with Gasteiger partial charge in [0.2, 0.25) is 0 Å². The van der Waals surface area contributed by atoms with Crippen molar-refractivity contribution >= 4 is 11.8 Å². The second-order valence-corrected chi connectivity index (χ2v) is 5.47. The molecule has 3 rings (SSSR count). The highest BCUT2D eigenvalue weighted by atomic mass is 16.2.